The SMILES string of the molecule is COC(=O)c1cc(CN[C@@H](C)[C@@H]2CCOC2)oc1C. The van der Waals surface area contributed by atoms with Crippen LogP contribution in [-0.2, 0) is 16.0 Å². The van der Waals surface area contributed by atoms with Crippen molar-refractivity contribution in [3.8, 4) is 0 Å². The number of aryl methyl sites for hydroxylation is 1. The summed E-state index contributed by atoms with van der Waals surface area (Å²) in [5.74, 6) is 1.55. The molecule has 0 amide bonds. The molecule has 0 saturated carbocycles. The standard InChI is InChI=1S/C14H21NO4/c1-9(11-4-5-18-8-11)15-7-12-6-13(10(2)19-12)14(16)17-3/h6,9,11,15H,4-5,7-8H2,1-3H3/t9-,11+/m0/s1. The second kappa shape index (κ2) is 6.21. The van der Waals surface area contributed by atoms with Gasteiger partial charge >= 0.3 is 5.97 Å². The Morgan fingerprint density at radius 2 is 2.42 bits per heavy atom. The van der Waals surface area contributed by atoms with Crippen LogP contribution in [0.3, 0.4) is 0 Å². The lowest BCUT2D eigenvalue weighted by molar-refractivity contribution is 0.0599. The van der Waals surface area contributed by atoms with Gasteiger partial charge < -0.3 is 19.2 Å². The van der Waals surface area contributed by atoms with E-state index >= 15 is 0 Å². The molecule has 0 unspecified atom stereocenters. The molecule has 1 aliphatic heterocycles. The third-order valence-electron chi connectivity index (χ3n) is 3.64. The van der Waals surface area contributed by atoms with Gasteiger partial charge in [0.15, 0.2) is 0 Å². The molecule has 1 fully saturated rings. The van der Waals surface area contributed by atoms with Crippen molar-refractivity contribution in [2.24, 2.45) is 5.92 Å². The van der Waals surface area contributed by atoms with Crippen LogP contribution in [0.1, 0.15) is 35.2 Å². The molecule has 1 aliphatic rings. The minimum absolute atomic E-state index is 0.357. The number of hydrogen-bond donors (Lipinski definition) is 1. The molecule has 1 aromatic heterocycles. The number of methoxy groups -OCH3 is 1. The fraction of sp³-hybridized carbons (Fsp3) is 0.643. The van der Waals surface area contributed by atoms with Crippen LogP contribution in [0.15, 0.2) is 10.5 Å². The molecule has 5 nitrogen and oxygen atoms in total. The first-order valence-corrected chi connectivity index (χ1v) is 6.60. The Kier molecular flexibility index (Phi) is 4.61. The van der Waals surface area contributed by atoms with Crippen LogP contribution in [0.25, 0.3) is 0 Å². The molecule has 1 aromatic rings. The maximum Gasteiger partial charge on any atom is 0.341 e. The van der Waals surface area contributed by atoms with Gasteiger partial charge in [0.2, 0.25) is 0 Å². The molecule has 0 aliphatic carbocycles. The summed E-state index contributed by atoms with van der Waals surface area (Å²) in [5.41, 5.74) is 0.496. The van der Waals surface area contributed by atoms with E-state index in [1.165, 1.54) is 7.11 Å². The number of furan rings is 1. The Morgan fingerprint density at radius 3 is 3.05 bits per heavy atom. The number of hydrogen-bond acceptors (Lipinski definition) is 5. The number of carbonyl (C=O) groups excluding carboxylic acids is 1. The van der Waals surface area contributed by atoms with Crippen molar-refractivity contribution in [3.05, 3.63) is 23.2 Å². The van der Waals surface area contributed by atoms with Crippen LogP contribution in [-0.4, -0.2) is 32.3 Å². The van der Waals surface area contributed by atoms with E-state index in [1.807, 2.05) is 0 Å². The second-order valence-electron chi connectivity index (χ2n) is 4.97. The fourth-order valence-corrected chi connectivity index (χ4v) is 2.32. The molecule has 5 heteroatoms. The van der Waals surface area contributed by atoms with E-state index in [-0.39, 0.29) is 5.97 Å². The Bertz CT molecular complexity index is 435. The number of nitrogens with one attached hydrogen (secondary N) is 1. The highest BCUT2D eigenvalue weighted by atomic mass is 16.5. The van der Waals surface area contributed by atoms with Gasteiger partial charge in [-0.2, -0.15) is 0 Å². The van der Waals surface area contributed by atoms with Crippen LogP contribution in [0.4, 0.5) is 0 Å². The minimum atomic E-state index is -0.357. The highest BCUT2D eigenvalue weighted by Gasteiger charge is 2.22. The predicted molar refractivity (Wildman–Crippen MR) is 70.0 cm³/mol. The van der Waals surface area contributed by atoms with Gasteiger partial charge in [0, 0.05) is 12.6 Å². The van der Waals surface area contributed by atoms with Crippen molar-refractivity contribution in [1.82, 2.24) is 5.32 Å². The van der Waals surface area contributed by atoms with E-state index in [0.29, 0.717) is 29.8 Å². The van der Waals surface area contributed by atoms with Gasteiger partial charge in [0.1, 0.15) is 17.1 Å². The maximum absolute atomic E-state index is 11.5. The number of rotatable bonds is 5. The highest BCUT2D eigenvalue weighted by Crippen LogP contribution is 2.18. The summed E-state index contributed by atoms with van der Waals surface area (Å²) in [4.78, 5) is 11.5. The van der Waals surface area contributed by atoms with Crippen LogP contribution < -0.4 is 5.32 Å². The molecule has 1 saturated heterocycles. The molecule has 106 valence electrons. The first-order valence-electron chi connectivity index (χ1n) is 6.60. The zero-order valence-corrected chi connectivity index (χ0v) is 11.7. The summed E-state index contributed by atoms with van der Waals surface area (Å²) in [6.07, 6.45) is 1.10. The molecule has 0 radical (unpaired) electrons. The molecule has 0 aromatic carbocycles. The smallest absolute Gasteiger partial charge is 0.341 e. The maximum atomic E-state index is 11.5. The molecule has 0 spiro atoms. The lowest BCUT2D eigenvalue weighted by atomic mass is 10.0. The monoisotopic (exact) mass is 267 g/mol. The normalized spacial score (nSPS) is 20.5. The van der Waals surface area contributed by atoms with Crippen molar-refractivity contribution < 1.29 is 18.7 Å². The lowest BCUT2D eigenvalue weighted by Gasteiger charge is -2.18. The highest BCUT2D eigenvalue weighted by molar-refractivity contribution is 5.90. The van der Waals surface area contributed by atoms with Crippen molar-refractivity contribution >= 4 is 5.97 Å². The average Bonchev–Trinajstić information content (AvgIpc) is 3.04. The summed E-state index contributed by atoms with van der Waals surface area (Å²) in [6, 6.07) is 2.11. The quantitative estimate of drug-likeness (QED) is 0.825. The summed E-state index contributed by atoms with van der Waals surface area (Å²) in [5, 5.41) is 3.41. The van der Waals surface area contributed by atoms with Gasteiger partial charge in [-0.05, 0) is 32.3 Å². The van der Waals surface area contributed by atoms with E-state index in [9.17, 15) is 4.79 Å². The molecular weight excluding hydrogens is 246 g/mol. The average molecular weight is 267 g/mol. The van der Waals surface area contributed by atoms with Gasteiger partial charge in [-0.1, -0.05) is 0 Å². The molecule has 2 heterocycles. The number of carbonyl (C=O) groups is 1. The Hall–Kier alpha value is -1.33. The van der Waals surface area contributed by atoms with Crippen molar-refractivity contribution in [1.29, 1.82) is 0 Å². The first-order chi connectivity index (χ1) is 9.11. The molecule has 2 rings (SSSR count). The van der Waals surface area contributed by atoms with Crippen molar-refractivity contribution in [2.75, 3.05) is 20.3 Å². The lowest BCUT2D eigenvalue weighted by Crippen LogP contribution is -2.33. The van der Waals surface area contributed by atoms with E-state index in [2.05, 4.69) is 12.2 Å². The van der Waals surface area contributed by atoms with Crippen LogP contribution in [0, 0.1) is 12.8 Å². The summed E-state index contributed by atoms with van der Waals surface area (Å²) < 4.78 is 15.6. The van der Waals surface area contributed by atoms with E-state index in [0.717, 1.165) is 25.4 Å². The Balaban J connectivity index is 1.90. The fourth-order valence-electron chi connectivity index (χ4n) is 2.32. The van der Waals surface area contributed by atoms with Crippen molar-refractivity contribution in [2.45, 2.75) is 32.9 Å². The summed E-state index contributed by atoms with van der Waals surface area (Å²) >= 11 is 0. The first kappa shape index (κ1) is 14.1. The number of ether oxygens (including phenoxy) is 2. The molecule has 0 bridgehead atoms. The number of esters is 1. The summed E-state index contributed by atoms with van der Waals surface area (Å²) in [7, 11) is 1.37. The molecule has 19 heavy (non-hydrogen) atoms. The van der Waals surface area contributed by atoms with Crippen LogP contribution >= 0.6 is 0 Å². The minimum Gasteiger partial charge on any atom is -0.465 e. The van der Waals surface area contributed by atoms with Gasteiger partial charge in [-0.25, -0.2) is 4.79 Å². The van der Waals surface area contributed by atoms with Crippen LogP contribution in [0.2, 0.25) is 0 Å². The third-order valence-corrected chi connectivity index (χ3v) is 3.64. The zero-order valence-electron chi connectivity index (χ0n) is 11.7. The molecule has 1 N–H and O–H groups in total. The van der Waals surface area contributed by atoms with Gasteiger partial charge in [-0.15, -0.1) is 0 Å². The van der Waals surface area contributed by atoms with Gasteiger partial charge in [-0.3, -0.25) is 0 Å². The molecule has 2 atom stereocenters. The topological polar surface area (TPSA) is 60.7 Å². The molecular formula is C14H21NO4. The van der Waals surface area contributed by atoms with E-state index in [4.69, 9.17) is 13.9 Å². The Morgan fingerprint density at radius 1 is 1.63 bits per heavy atom. The Labute approximate surface area is 113 Å². The van der Waals surface area contributed by atoms with E-state index < -0.39 is 0 Å². The largest absolute Gasteiger partial charge is 0.465 e. The zero-order chi connectivity index (χ0) is 13.8. The van der Waals surface area contributed by atoms with Gasteiger partial charge in [0.25, 0.3) is 0 Å². The van der Waals surface area contributed by atoms with Crippen LogP contribution in [0.5, 0.6) is 0 Å². The predicted octanol–water partition coefficient (Wildman–Crippen LogP) is 1.89. The second-order valence-corrected chi connectivity index (χ2v) is 4.97. The van der Waals surface area contributed by atoms with Crippen molar-refractivity contribution in [3.63, 3.8) is 0 Å². The van der Waals surface area contributed by atoms with Gasteiger partial charge in [0.05, 0.1) is 20.3 Å². The summed E-state index contributed by atoms with van der Waals surface area (Å²) in [6.45, 7) is 6.19. The van der Waals surface area contributed by atoms with E-state index in [1.54, 1.807) is 13.0 Å². The third kappa shape index (κ3) is 3.36.